The zero-order valence-corrected chi connectivity index (χ0v) is 11.4. The van der Waals surface area contributed by atoms with Crippen LogP contribution in [0.3, 0.4) is 0 Å². The molecule has 2 unspecified atom stereocenters. The van der Waals surface area contributed by atoms with Gasteiger partial charge in [-0.1, -0.05) is 37.3 Å². The van der Waals surface area contributed by atoms with Crippen molar-refractivity contribution in [2.24, 2.45) is 11.8 Å². The molecule has 2 atom stereocenters. The monoisotopic (exact) mass is 262 g/mol. The van der Waals surface area contributed by atoms with Gasteiger partial charge in [-0.2, -0.15) is 0 Å². The molecule has 1 aromatic carbocycles. The summed E-state index contributed by atoms with van der Waals surface area (Å²) in [6.45, 7) is 4.79. The molecule has 0 aliphatic rings. The number of hydrogen-bond acceptors (Lipinski definition) is 4. The highest BCUT2D eigenvalue weighted by Crippen LogP contribution is 2.20. The van der Waals surface area contributed by atoms with Crippen LogP contribution in [0.2, 0.25) is 0 Å². The van der Waals surface area contributed by atoms with Crippen LogP contribution in [-0.2, 0) is 14.3 Å². The molecule has 0 saturated heterocycles. The van der Waals surface area contributed by atoms with Gasteiger partial charge in [0.15, 0.2) is 5.78 Å². The van der Waals surface area contributed by atoms with Crippen molar-refractivity contribution in [1.82, 2.24) is 0 Å². The molecule has 0 spiro atoms. The van der Waals surface area contributed by atoms with Crippen LogP contribution < -0.4 is 0 Å². The molecule has 0 amide bonds. The fraction of sp³-hybridized carbons (Fsp3) is 0.400. The summed E-state index contributed by atoms with van der Waals surface area (Å²) in [6, 6.07) is 8.47. The van der Waals surface area contributed by atoms with E-state index in [9.17, 15) is 14.4 Å². The highest BCUT2D eigenvalue weighted by molar-refractivity contribution is 6.11. The molecule has 1 rings (SSSR count). The molecule has 0 bridgehead atoms. The lowest BCUT2D eigenvalue weighted by atomic mass is 9.84. The third-order valence-corrected chi connectivity index (χ3v) is 3.02. The molecular formula is C15H18O4. The Labute approximate surface area is 112 Å². The minimum atomic E-state index is -1.07. The molecule has 0 aliphatic heterocycles. The average Bonchev–Trinajstić information content (AvgIpc) is 2.40. The van der Waals surface area contributed by atoms with Gasteiger partial charge in [0.05, 0.1) is 6.61 Å². The molecular weight excluding hydrogens is 244 g/mol. The van der Waals surface area contributed by atoms with Crippen LogP contribution in [0.25, 0.3) is 0 Å². The summed E-state index contributed by atoms with van der Waals surface area (Å²) >= 11 is 0. The zero-order valence-electron chi connectivity index (χ0n) is 11.4. The van der Waals surface area contributed by atoms with E-state index >= 15 is 0 Å². The standard InChI is InChI=1S/C15H18O4/c1-4-19-15(18)13(10(2)11(3)16)14(17)12-8-6-5-7-9-12/h5-10,13H,4H2,1-3H3. The van der Waals surface area contributed by atoms with Crippen LogP contribution >= 0.6 is 0 Å². The van der Waals surface area contributed by atoms with E-state index in [-0.39, 0.29) is 18.2 Å². The molecule has 0 N–H and O–H groups in total. The first-order chi connectivity index (χ1) is 8.99. The molecule has 1 aromatic rings. The number of ether oxygens (including phenoxy) is 1. The lowest BCUT2D eigenvalue weighted by Gasteiger charge is -2.19. The van der Waals surface area contributed by atoms with Gasteiger partial charge < -0.3 is 4.74 Å². The Balaban J connectivity index is 3.06. The van der Waals surface area contributed by atoms with Gasteiger partial charge in [0, 0.05) is 11.5 Å². The van der Waals surface area contributed by atoms with Gasteiger partial charge in [0.25, 0.3) is 0 Å². The zero-order chi connectivity index (χ0) is 14.4. The first-order valence-electron chi connectivity index (χ1n) is 6.25. The van der Waals surface area contributed by atoms with Crippen molar-refractivity contribution in [2.45, 2.75) is 20.8 Å². The molecule has 0 saturated carbocycles. The molecule has 102 valence electrons. The first kappa shape index (κ1) is 15.1. The van der Waals surface area contributed by atoms with E-state index < -0.39 is 17.8 Å². The second kappa shape index (κ2) is 6.83. The Morgan fingerprint density at radius 3 is 2.21 bits per heavy atom. The fourth-order valence-corrected chi connectivity index (χ4v) is 1.79. The van der Waals surface area contributed by atoms with Crippen LogP contribution in [0.5, 0.6) is 0 Å². The van der Waals surface area contributed by atoms with Crippen LogP contribution in [0.1, 0.15) is 31.1 Å². The maximum atomic E-state index is 12.4. The Morgan fingerprint density at radius 2 is 1.74 bits per heavy atom. The number of rotatable bonds is 6. The lowest BCUT2D eigenvalue weighted by molar-refractivity contribution is -0.149. The first-order valence-corrected chi connectivity index (χ1v) is 6.25. The quantitative estimate of drug-likeness (QED) is 0.448. The van der Waals surface area contributed by atoms with E-state index in [1.54, 1.807) is 44.2 Å². The minimum Gasteiger partial charge on any atom is -0.465 e. The smallest absolute Gasteiger partial charge is 0.317 e. The summed E-state index contributed by atoms with van der Waals surface area (Å²) in [5, 5.41) is 0. The Bertz CT molecular complexity index is 464. The van der Waals surface area contributed by atoms with Gasteiger partial charge in [-0.3, -0.25) is 14.4 Å². The minimum absolute atomic E-state index is 0.183. The van der Waals surface area contributed by atoms with Crippen LogP contribution in [-0.4, -0.2) is 24.1 Å². The molecule has 0 fully saturated rings. The summed E-state index contributed by atoms with van der Waals surface area (Å²) in [5.74, 6) is -2.98. The summed E-state index contributed by atoms with van der Waals surface area (Å²) in [6.07, 6.45) is 0. The highest BCUT2D eigenvalue weighted by atomic mass is 16.5. The van der Waals surface area contributed by atoms with Crippen LogP contribution in [0, 0.1) is 11.8 Å². The average molecular weight is 262 g/mol. The summed E-state index contributed by atoms with van der Waals surface area (Å²) in [7, 11) is 0. The van der Waals surface area contributed by atoms with Gasteiger partial charge in [0.2, 0.25) is 0 Å². The summed E-state index contributed by atoms with van der Waals surface area (Å²) in [4.78, 5) is 35.7. The van der Waals surface area contributed by atoms with Crippen molar-refractivity contribution < 1.29 is 19.1 Å². The van der Waals surface area contributed by atoms with E-state index in [0.717, 1.165) is 0 Å². The predicted octanol–water partition coefficient (Wildman–Crippen LogP) is 2.27. The Kier molecular flexibility index (Phi) is 5.42. The molecule has 19 heavy (non-hydrogen) atoms. The summed E-state index contributed by atoms with van der Waals surface area (Å²) in [5.41, 5.74) is 0.411. The number of benzene rings is 1. The number of Topliss-reactive ketones (excluding diaryl/α,β-unsaturated/α-hetero) is 2. The second-order valence-electron chi connectivity index (χ2n) is 4.36. The van der Waals surface area contributed by atoms with Crippen LogP contribution in [0.15, 0.2) is 30.3 Å². The highest BCUT2D eigenvalue weighted by Gasteiger charge is 2.36. The molecule has 0 heterocycles. The van der Waals surface area contributed by atoms with Crippen molar-refractivity contribution >= 4 is 17.5 Å². The van der Waals surface area contributed by atoms with E-state index in [4.69, 9.17) is 4.74 Å². The van der Waals surface area contributed by atoms with Crippen molar-refractivity contribution in [1.29, 1.82) is 0 Å². The molecule has 4 nitrogen and oxygen atoms in total. The van der Waals surface area contributed by atoms with Gasteiger partial charge in [-0.25, -0.2) is 0 Å². The summed E-state index contributed by atoms with van der Waals surface area (Å²) < 4.78 is 4.91. The van der Waals surface area contributed by atoms with E-state index in [2.05, 4.69) is 0 Å². The molecule has 0 aromatic heterocycles. The van der Waals surface area contributed by atoms with Gasteiger partial charge in [-0.05, 0) is 13.8 Å². The van der Waals surface area contributed by atoms with Crippen LogP contribution in [0.4, 0.5) is 0 Å². The maximum absolute atomic E-state index is 12.4. The number of carbonyl (C=O) groups is 3. The SMILES string of the molecule is CCOC(=O)C(C(=O)c1ccccc1)C(C)C(C)=O. The van der Waals surface area contributed by atoms with E-state index in [1.807, 2.05) is 0 Å². The van der Waals surface area contributed by atoms with Crippen molar-refractivity contribution in [3.63, 3.8) is 0 Å². The van der Waals surface area contributed by atoms with Crippen molar-refractivity contribution in [3.05, 3.63) is 35.9 Å². The fourth-order valence-electron chi connectivity index (χ4n) is 1.79. The largest absolute Gasteiger partial charge is 0.465 e. The number of hydrogen-bond donors (Lipinski definition) is 0. The number of esters is 1. The predicted molar refractivity (Wildman–Crippen MR) is 70.7 cm³/mol. The van der Waals surface area contributed by atoms with Crippen molar-refractivity contribution in [2.75, 3.05) is 6.61 Å². The van der Waals surface area contributed by atoms with Gasteiger partial charge in [0.1, 0.15) is 11.7 Å². The Morgan fingerprint density at radius 1 is 1.16 bits per heavy atom. The number of ketones is 2. The van der Waals surface area contributed by atoms with Gasteiger partial charge >= 0.3 is 5.97 Å². The topological polar surface area (TPSA) is 60.4 Å². The Hall–Kier alpha value is -1.97. The van der Waals surface area contributed by atoms with Crippen molar-refractivity contribution in [3.8, 4) is 0 Å². The number of carbonyl (C=O) groups excluding carboxylic acids is 3. The second-order valence-corrected chi connectivity index (χ2v) is 4.36. The normalized spacial score (nSPS) is 13.4. The van der Waals surface area contributed by atoms with E-state index in [1.165, 1.54) is 6.92 Å². The third-order valence-electron chi connectivity index (χ3n) is 3.02. The molecule has 0 aliphatic carbocycles. The molecule has 4 heteroatoms. The van der Waals surface area contributed by atoms with E-state index in [0.29, 0.717) is 5.56 Å². The lowest BCUT2D eigenvalue weighted by Crippen LogP contribution is -2.35. The van der Waals surface area contributed by atoms with Gasteiger partial charge in [-0.15, -0.1) is 0 Å². The maximum Gasteiger partial charge on any atom is 0.317 e. The molecule has 0 radical (unpaired) electrons. The third kappa shape index (κ3) is 3.74.